The first-order valence-electron chi connectivity index (χ1n) is 8.18. The average Bonchev–Trinajstić information content (AvgIpc) is 2.97. The van der Waals surface area contributed by atoms with Gasteiger partial charge in [-0.2, -0.15) is 11.8 Å². The molecule has 3 unspecified atom stereocenters. The average molecular weight is 306 g/mol. The quantitative estimate of drug-likeness (QED) is 0.904. The summed E-state index contributed by atoms with van der Waals surface area (Å²) in [5, 5.41) is 3.76. The maximum atomic E-state index is 6.18. The Morgan fingerprint density at radius 1 is 1.57 bits per heavy atom. The molecule has 1 spiro atoms. The normalized spacial score (nSPS) is 30.6. The van der Waals surface area contributed by atoms with Crippen molar-refractivity contribution in [1.82, 2.24) is 10.3 Å². The van der Waals surface area contributed by atoms with Crippen LogP contribution in [-0.4, -0.2) is 35.2 Å². The maximum Gasteiger partial charge on any atom is 0.0783 e. The van der Waals surface area contributed by atoms with E-state index in [1.807, 2.05) is 24.2 Å². The molecule has 2 fully saturated rings. The highest BCUT2D eigenvalue weighted by molar-refractivity contribution is 7.99. The van der Waals surface area contributed by atoms with Crippen LogP contribution in [0.25, 0.3) is 0 Å². The molecule has 2 saturated heterocycles. The predicted octanol–water partition coefficient (Wildman–Crippen LogP) is 3.42. The summed E-state index contributed by atoms with van der Waals surface area (Å²) >= 11 is 2.05. The molecule has 3 heterocycles. The van der Waals surface area contributed by atoms with Crippen molar-refractivity contribution in [2.75, 3.05) is 24.7 Å². The van der Waals surface area contributed by atoms with Gasteiger partial charge in [-0.3, -0.25) is 4.98 Å². The topological polar surface area (TPSA) is 34.2 Å². The first-order chi connectivity index (χ1) is 10.3. The van der Waals surface area contributed by atoms with Crippen molar-refractivity contribution in [3.8, 4) is 0 Å². The van der Waals surface area contributed by atoms with Gasteiger partial charge in [0.25, 0.3) is 0 Å². The largest absolute Gasteiger partial charge is 0.374 e. The van der Waals surface area contributed by atoms with Gasteiger partial charge in [0.1, 0.15) is 0 Å². The second kappa shape index (κ2) is 7.12. The summed E-state index contributed by atoms with van der Waals surface area (Å²) in [5.74, 6) is 3.09. The Labute approximate surface area is 132 Å². The molecule has 3 atom stereocenters. The highest BCUT2D eigenvalue weighted by Crippen LogP contribution is 2.43. The Kier molecular flexibility index (Phi) is 5.19. The fourth-order valence-corrected chi connectivity index (χ4v) is 5.01. The minimum atomic E-state index is 0.155. The first kappa shape index (κ1) is 15.3. The lowest BCUT2D eigenvalue weighted by Gasteiger charge is -2.41. The molecule has 0 amide bonds. The zero-order chi connectivity index (χ0) is 14.5. The number of rotatable bonds is 5. The fourth-order valence-electron chi connectivity index (χ4n) is 3.63. The first-order valence-corrected chi connectivity index (χ1v) is 9.33. The van der Waals surface area contributed by atoms with Crippen molar-refractivity contribution in [1.29, 1.82) is 0 Å². The molecule has 21 heavy (non-hydrogen) atoms. The van der Waals surface area contributed by atoms with E-state index in [1.165, 1.54) is 36.3 Å². The summed E-state index contributed by atoms with van der Waals surface area (Å²) < 4.78 is 6.18. The van der Waals surface area contributed by atoms with E-state index >= 15 is 0 Å². The monoisotopic (exact) mass is 306 g/mol. The number of nitrogens with zero attached hydrogens (tertiary/aromatic N) is 1. The maximum absolute atomic E-state index is 6.18. The number of aromatic nitrogens is 1. The second-order valence-electron chi connectivity index (χ2n) is 6.31. The lowest BCUT2D eigenvalue weighted by molar-refractivity contribution is -0.0854. The van der Waals surface area contributed by atoms with Gasteiger partial charge in [0.05, 0.1) is 5.60 Å². The highest BCUT2D eigenvalue weighted by Gasteiger charge is 2.42. The van der Waals surface area contributed by atoms with Crippen LogP contribution >= 0.6 is 11.8 Å². The standard InChI is InChI=1S/C17H26N2OS/c1-2-7-19-16(15-4-3-8-18-12-15)14-5-9-20-17(11-14)6-10-21-13-17/h3-4,8,12,14,16,19H,2,5-7,9-11,13H2,1H3. The van der Waals surface area contributed by atoms with Crippen molar-refractivity contribution in [3.63, 3.8) is 0 Å². The van der Waals surface area contributed by atoms with Gasteiger partial charge in [-0.25, -0.2) is 0 Å². The molecule has 116 valence electrons. The van der Waals surface area contributed by atoms with Gasteiger partial charge >= 0.3 is 0 Å². The zero-order valence-corrected chi connectivity index (χ0v) is 13.7. The van der Waals surface area contributed by atoms with Gasteiger partial charge in [0.15, 0.2) is 0 Å². The zero-order valence-electron chi connectivity index (χ0n) is 12.9. The van der Waals surface area contributed by atoms with Gasteiger partial charge in [0, 0.05) is 30.8 Å². The molecule has 1 aromatic rings. The Morgan fingerprint density at radius 3 is 3.24 bits per heavy atom. The highest BCUT2D eigenvalue weighted by atomic mass is 32.2. The third-order valence-electron chi connectivity index (χ3n) is 4.73. The fraction of sp³-hybridized carbons (Fsp3) is 0.706. The molecule has 2 aliphatic rings. The molecule has 0 aliphatic carbocycles. The number of ether oxygens (including phenoxy) is 1. The Bertz CT molecular complexity index is 434. The Balaban J connectivity index is 1.75. The van der Waals surface area contributed by atoms with Crippen LogP contribution in [-0.2, 0) is 4.74 Å². The van der Waals surface area contributed by atoms with E-state index in [1.54, 1.807) is 0 Å². The van der Waals surface area contributed by atoms with Crippen molar-refractivity contribution in [2.24, 2.45) is 5.92 Å². The van der Waals surface area contributed by atoms with Crippen molar-refractivity contribution >= 4 is 11.8 Å². The molecule has 1 N–H and O–H groups in total. The minimum absolute atomic E-state index is 0.155. The lowest BCUT2D eigenvalue weighted by atomic mass is 9.79. The van der Waals surface area contributed by atoms with Crippen LogP contribution in [0.15, 0.2) is 24.5 Å². The van der Waals surface area contributed by atoms with E-state index in [2.05, 4.69) is 29.4 Å². The van der Waals surface area contributed by atoms with Gasteiger partial charge in [-0.15, -0.1) is 0 Å². The number of pyridine rings is 1. The van der Waals surface area contributed by atoms with Crippen LogP contribution in [0.2, 0.25) is 0 Å². The molecule has 3 rings (SSSR count). The summed E-state index contributed by atoms with van der Waals surface area (Å²) in [6.07, 6.45) is 8.62. The number of hydrogen-bond donors (Lipinski definition) is 1. The number of thioether (sulfide) groups is 1. The molecule has 2 aliphatic heterocycles. The molecule has 0 radical (unpaired) electrons. The van der Waals surface area contributed by atoms with Crippen molar-refractivity contribution < 1.29 is 4.74 Å². The molecule has 1 aromatic heterocycles. The van der Waals surface area contributed by atoms with Gasteiger partial charge in [0.2, 0.25) is 0 Å². The van der Waals surface area contributed by atoms with Crippen LogP contribution < -0.4 is 5.32 Å². The molecular weight excluding hydrogens is 280 g/mol. The van der Waals surface area contributed by atoms with E-state index < -0.39 is 0 Å². The van der Waals surface area contributed by atoms with E-state index in [9.17, 15) is 0 Å². The molecule has 0 aromatic carbocycles. The predicted molar refractivity (Wildman–Crippen MR) is 88.6 cm³/mol. The molecule has 4 heteroatoms. The van der Waals surface area contributed by atoms with Crippen molar-refractivity contribution in [2.45, 2.75) is 44.2 Å². The van der Waals surface area contributed by atoms with Crippen LogP contribution in [0.3, 0.4) is 0 Å². The summed E-state index contributed by atoms with van der Waals surface area (Å²) in [6.45, 7) is 4.21. The number of nitrogens with one attached hydrogen (secondary N) is 1. The third-order valence-corrected chi connectivity index (χ3v) is 5.95. The van der Waals surface area contributed by atoms with E-state index in [0.29, 0.717) is 12.0 Å². The Hall–Kier alpha value is -0.580. The minimum Gasteiger partial charge on any atom is -0.374 e. The van der Waals surface area contributed by atoms with E-state index in [-0.39, 0.29) is 5.60 Å². The Morgan fingerprint density at radius 2 is 2.52 bits per heavy atom. The summed E-state index contributed by atoms with van der Waals surface area (Å²) in [6, 6.07) is 4.69. The van der Waals surface area contributed by atoms with Crippen LogP contribution in [0.4, 0.5) is 0 Å². The van der Waals surface area contributed by atoms with E-state index in [4.69, 9.17) is 4.74 Å². The molecule has 0 saturated carbocycles. The lowest BCUT2D eigenvalue weighted by Crippen LogP contribution is -2.44. The molecular formula is C17H26N2OS. The van der Waals surface area contributed by atoms with Gasteiger partial charge in [-0.1, -0.05) is 13.0 Å². The summed E-state index contributed by atoms with van der Waals surface area (Å²) in [7, 11) is 0. The van der Waals surface area contributed by atoms with Gasteiger partial charge in [-0.05, 0) is 55.5 Å². The SMILES string of the molecule is CCCNC(c1cccnc1)C1CCOC2(CCSC2)C1. The number of hydrogen-bond acceptors (Lipinski definition) is 4. The summed E-state index contributed by atoms with van der Waals surface area (Å²) in [4.78, 5) is 4.32. The third kappa shape index (κ3) is 3.61. The van der Waals surface area contributed by atoms with Gasteiger partial charge < -0.3 is 10.1 Å². The smallest absolute Gasteiger partial charge is 0.0783 e. The van der Waals surface area contributed by atoms with E-state index in [0.717, 1.165) is 19.6 Å². The summed E-state index contributed by atoms with van der Waals surface area (Å²) in [5.41, 5.74) is 1.49. The van der Waals surface area contributed by atoms with Crippen LogP contribution in [0, 0.1) is 5.92 Å². The molecule has 3 nitrogen and oxygen atoms in total. The van der Waals surface area contributed by atoms with Crippen LogP contribution in [0.5, 0.6) is 0 Å². The molecule has 0 bridgehead atoms. The van der Waals surface area contributed by atoms with Crippen molar-refractivity contribution in [3.05, 3.63) is 30.1 Å². The second-order valence-corrected chi connectivity index (χ2v) is 7.41. The van der Waals surface area contributed by atoms with Crippen LogP contribution in [0.1, 0.15) is 44.2 Å².